The molecule has 0 bridgehead atoms. The van der Waals surface area contributed by atoms with Crippen molar-refractivity contribution in [2.24, 2.45) is 0 Å². The standard InChI is InChI=1S/C27H30ClN7O2.C25H24BrClN6O2/c1-34(2)14-4-6-24(36)31-21-9-7-19(8-10-21)26(37)35-15-11-22(12-16-35)32-27-30-18-23(28)25(33-27)20-5-3-13-29-17-20;26-11-1-4-22(34)30-19-7-5-17(6-8-19)24(35)33-13-9-20(10-14-33)31-25-29-16-21(27)23(32-25)18-3-2-12-28-15-18/h3-10,13,17-18,22H,11-12,14-16H2,1-2H3,(H,31,36)(H,30,32,33);1-8,12,15-16,20H,9-11,13-14H2,(H,30,34)(H,29,31,32)/b6-4+;4-1+. The van der Waals surface area contributed by atoms with Crippen LogP contribution in [0, 0.1) is 0 Å². The molecule has 4 aromatic heterocycles. The van der Waals surface area contributed by atoms with E-state index in [4.69, 9.17) is 23.2 Å². The van der Waals surface area contributed by atoms with Crippen LogP contribution >= 0.6 is 39.1 Å². The molecule has 2 aromatic carbocycles. The van der Waals surface area contributed by atoms with E-state index in [1.54, 1.807) is 97.9 Å². The number of nitrogens with one attached hydrogen (secondary N) is 4. The number of aromatic nitrogens is 6. The molecular weight excluding hydrogens is 1020 g/mol. The second kappa shape index (κ2) is 26.4. The SMILES string of the molecule is CN(C)C/C=C/C(=O)Nc1ccc(C(=O)N2CCC(Nc3ncc(Cl)c(-c4cccnc4)n3)CC2)cc1.O=C(/C=C/CBr)Nc1ccc(C(=O)N2CCC(Nc3ncc(Cl)c(-c4cccnc4)n3)CC2)cc1. The summed E-state index contributed by atoms with van der Waals surface area (Å²) in [5.41, 5.74) is 5.37. The van der Waals surface area contributed by atoms with Crippen LogP contribution in [0.15, 0.2) is 134 Å². The Morgan fingerprint density at radius 3 is 1.42 bits per heavy atom. The van der Waals surface area contributed by atoms with Crippen molar-refractivity contribution in [1.29, 1.82) is 0 Å². The molecule has 372 valence electrons. The smallest absolute Gasteiger partial charge is 0.253 e. The van der Waals surface area contributed by atoms with E-state index in [-0.39, 0.29) is 35.7 Å². The normalized spacial score (nSPS) is 14.2. The summed E-state index contributed by atoms with van der Waals surface area (Å²) in [4.78, 5) is 81.4. The summed E-state index contributed by atoms with van der Waals surface area (Å²) in [5.74, 6) is 0.540. The van der Waals surface area contributed by atoms with Crippen molar-refractivity contribution >= 4 is 86.0 Å². The highest BCUT2D eigenvalue weighted by Gasteiger charge is 2.26. The number of carbonyl (C=O) groups excluding carboxylic acids is 4. The molecule has 0 atom stereocenters. The number of carbonyl (C=O) groups is 4. The highest BCUT2D eigenvalue weighted by atomic mass is 79.9. The summed E-state index contributed by atoms with van der Waals surface area (Å²) >= 11 is 15.8. The fourth-order valence-corrected chi connectivity index (χ4v) is 8.34. The first-order valence-electron chi connectivity index (χ1n) is 23.3. The van der Waals surface area contributed by atoms with Crippen molar-refractivity contribution in [3.63, 3.8) is 0 Å². The van der Waals surface area contributed by atoms with Crippen molar-refractivity contribution in [1.82, 2.24) is 44.6 Å². The average Bonchev–Trinajstić information content (AvgIpc) is 3.40. The number of halogens is 3. The minimum absolute atomic E-state index is 0.0242. The summed E-state index contributed by atoms with van der Waals surface area (Å²) in [6.45, 7) is 3.17. The number of pyridine rings is 2. The molecule has 17 nitrogen and oxygen atoms in total. The first kappa shape index (κ1) is 52.7. The molecule has 20 heteroatoms. The van der Waals surface area contributed by atoms with Gasteiger partial charge in [0.15, 0.2) is 0 Å². The third-order valence-electron chi connectivity index (χ3n) is 11.5. The zero-order valence-electron chi connectivity index (χ0n) is 39.7. The van der Waals surface area contributed by atoms with E-state index in [0.717, 1.165) is 36.8 Å². The van der Waals surface area contributed by atoms with Gasteiger partial charge in [-0.2, -0.15) is 0 Å². The predicted octanol–water partition coefficient (Wildman–Crippen LogP) is 8.76. The van der Waals surface area contributed by atoms with Gasteiger partial charge in [-0.3, -0.25) is 29.1 Å². The van der Waals surface area contributed by atoms with E-state index in [1.165, 1.54) is 12.2 Å². The zero-order chi connectivity index (χ0) is 50.8. The summed E-state index contributed by atoms with van der Waals surface area (Å²) < 4.78 is 0. The first-order chi connectivity index (χ1) is 34.9. The Labute approximate surface area is 436 Å². The first-order valence-corrected chi connectivity index (χ1v) is 25.1. The molecular formula is C52H54BrCl2N13O4. The van der Waals surface area contributed by atoms with Gasteiger partial charge in [0.05, 0.1) is 33.8 Å². The number of anilines is 4. The van der Waals surface area contributed by atoms with Crippen molar-refractivity contribution < 1.29 is 19.2 Å². The Bertz CT molecular complexity index is 2830. The Morgan fingerprint density at radius 1 is 0.625 bits per heavy atom. The molecule has 0 aliphatic carbocycles. The number of likely N-dealkylation sites (tertiary alicyclic amines) is 2. The van der Waals surface area contributed by atoms with Crippen LogP contribution in [0.3, 0.4) is 0 Å². The van der Waals surface area contributed by atoms with E-state index in [1.807, 2.05) is 53.1 Å². The van der Waals surface area contributed by atoms with Crippen LogP contribution in [0.5, 0.6) is 0 Å². The van der Waals surface area contributed by atoms with Crippen LogP contribution < -0.4 is 21.3 Å². The lowest BCUT2D eigenvalue weighted by Gasteiger charge is -2.32. The third kappa shape index (κ3) is 15.4. The summed E-state index contributed by atoms with van der Waals surface area (Å²) in [7, 11) is 3.87. The Morgan fingerprint density at radius 2 is 1.04 bits per heavy atom. The molecule has 72 heavy (non-hydrogen) atoms. The van der Waals surface area contributed by atoms with Gasteiger partial charge >= 0.3 is 0 Å². The molecule has 2 aliphatic rings. The molecule has 0 unspecified atom stereocenters. The molecule has 4 N–H and O–H groups in total. The maximum Gasteiger partial charge on any atom is 0.253 e. The second-order valence-electron chi connectivity index (χ2n) is 17.0. The molecule has 4 amide bonds. The Balaban J connectivity index is 0.000000212. The molecule has 2 fully saturated rings. The highest BCUT2D eigenvalue weighted by molar-refractivity contribution is 9.09. The molecule has 0 saturated carbocycles. The van der Waals surface area contributed by atoms with Gasteiger partial charge in [-0.25, -0.2) is 19.9 Å². The number of amides is 4. The molecule has 0 radical (unpaired) electrons. The summed E-state index contributed by atoms with van der Waals surface area (Å²) in [6.07, 6.45) is 19.6. The van der Waals surface area contributed by atoms with Crippen LogP contribution in [0.1, 0.15) is 46.4 Å². The van der Waals surface area contributed by atoms with Gasteiger partial charge in [-0.15, -0.1) is 0 Å². The van der Waals surface area contributed by atoms with Crippen LogP contribution in [-0.2, 0) is 9.59 Å². The number of piperidine rings is 2. The van der Waals surface area contributed by atoms with Gasteiger partial charge in [0.1, 0.15) is 0 Å². The number of hydrogen-bond acceptors (Lipinski definition) is 13. The topological polar surface area (TPSA) is 203 Å². The highest BCUT2D eigenvalue weighted by Crippen LogP contribution is 2.28. The lowest BCUT2D eigenvalue weighted by atomic mass is 10.0. The predicted molar refractivity (Wildman–Crippen MR) is 286 cm³/mol. The molecule has 2 aliphatic heterocycles. The fraction of sp³-hybridized carbons (Fsp3) is 0.269. The molecule has 2 saturated heterocycles. The second-order valence-corrected chi connectivity index (χ2v) is 18.5. The molecule has 8 rings (SSSR count). The number of alkyl halides is 1. The molecule has 0 spiro atoms. The van der Waals surface area contributed by atoms with Crippen molar-refractivity contribution in [3.8, 4) is 22.5 Å². The van der Waals surface area contributed by atoms with Crippen LogP contribution in [0.25, 0.3) is 22.5 Å². The van der Waals surface area contributed by atoms with Gasteiger partial charge in [-0.05, 0) is 113 Å². The largest absolute Gasteiger partial charge is 0.351 e. The van der Waals surface area contributed by atoms with Crippen molar-refractivity contribution in [2.75, 3.05) is 73.4 Å². The number of likely N-dealkylation sites (N-methyl/N-ethyl adjacent to an activating group) is 1. The zero-order valence-corrected chi connectivity index (χ0v) is 42.8. The summed E-state index contributed by atoms with van der Waals surface area (Å²) in [6, 6.07) is 21.7. The number of rotatable bonds is 15. The quantitative estimate of drug-likeness (QED) is 0.0562. The van der Waals surface area contributed by atoms with E-state index in [2.05, 4.69) is 67.1 Å². The van der Waals surface area contributed by atoms with Crippen molar-refractivity contribution in [2.45, 2.75) is 37.8 Å². The van der Waals surface area contributed by atoms with Gasteiger partial charge in [0, 0.05) is 121 Å². The average molecular weight is 1080 g/mol. The van der Waals surface area contributed by atoms with Gasteiger partial charge in [-0.1, -0.05) is 51.3 Å². The van der Waals surface area contributed by atoms with E-state index >= 15 is 0 Å². The lowest BCUT2D eigenvalue weighted by Crippen LogP contribution is -2.42. The van der Waals surface area contributed by atoms with Crippen molar-refractivity contribution in [3.05, 3.63) is 155 Å². The van der Waals surface area contributed by atoms with Gasteiger partial charge in [0.25, 0.3) is 11.8 Å². The number of nitrogens with zero attached hydrogens (tertiary/aromatic N) is 9. The monoisotopic (exact) mass is 1070 g/mol. The molecule has 6 heterocycles. The van der Waals surface area contributed by atoms with Crippen LogP contribution in [0.4, 0.5) is 23.3 Å². The van der Waals surface area contributed by atoms with Crippen LogP contribution in [-0.4, -0.2) is 132 Å². The minimum Gasteiger partial charge on any atom is -0.351 e. The Hall–Kier alpha value is -7.12. The van der Waals surface area contributed by atoms with E-state index in [0.29, 0.717) is 93.9 Å². The maximum atomic E-state index is 13.0. The number of hydrogen-bond donors (Lipinski definition) is 4. The molecule has 6 aromatic rings. The Kier molecular flexibility index (Phi) is 19.3. The van der Waals surface area contributed by atoms with E-state index in [9.17, 15) is 19.2 Å². The minimum atomic E-state index is -0.213. The van der Waals surface area contributed by atoms with Crippen LogP contribution in [0.2, 0.25) is 10.0 Å². The number of benzene rings is 2. The fourth-order valence-electron chi connectivity index (χ4n) is 7.75. The number of allylic oxidation sites excluding steroid dienone is 1. The van der Waals surface area contributed by atoms with Gasteiger partial charge < -0.3 is 36.0 Å². The van der Waals surface area contributed by atoms with Gasteiger partial charge in [0.2, 0.25) is 23.7 Å². The maximum absolute atomic E-state index is 13.0. The summed E-state index contributed by atoms with van der Waals surface area (Å²) in [5, 5.41) is 13.9. The third-order valence-corrected chi connectivity index (χ3v) is 12.4. The van der Waals surface area contributed by atoms with E-state index < -0.39 is 0 Å². The lowest BCUT2D eigenvalue weighted by molar-refractivity contribution is -0.112.